The Labute approximate surface area is 105 Å². The molecule has 0 fully saturated rings. The predicted molar refractivity (Wildman–Crippen MR) is 67.7 cm³/mol. The molecule has 0 saturated heterocycles. The molecule has 0 aliphatic heterocycles. The van der Waals surface area contributed by atoms with Gasteiger partial charge < -0.3 is 0 Å². The van der Waals surface area contributed by atoms with E-state index >= 15 is 0 Å². The minimum atomic E-state index is -0.455. The minimum absolute atomic E-state index is 0.319. The fourth-order valence-corrected chi connectivity index (χ4v) is 1.39. The summed E-state index contributed by atoms with van der Waals surface area (Å²) in [5, 5.41) is 9.54. The van der Waals surface area contributed by atoms with E-state index in [4.69, 9.17) is 28.4 Å². The highest BCUT2D eigenvalue weighted by molar-refractivity contribution is 6.34. The van der Waals surface area contributed by atoms with Crippen molar-refractivity contribution in [1.82, 2.24) is 5.48 Å². The molecule has 3 nitrogen and oxygen atoms in total. The number of hydrogen-bond donors (Lipinski definition) is 2. The Balaban J connectivity index is 2.95. The molecule has 0 amide bonds. The molecule has 2 N–H and O–H groups in total. The van der Waals surface area contributed by atoms with Crippen molar-refractivity contribution in [3.63, 3.8) is 0 Å². The molecule has 0 aromatic heterocycles. The lowest BCUT2D eigenvalue weighted by Crippen LogP contribution is -2.24. The second kappa shape index (κ2) is 5.53. The molecule has 0 saturated carbocycles. The van der Waals surface area contributed by atoms with Gasteiger partial charge >= 0.3 is 0 Å². The van der Waals surface area contributed by atoms with Crippen molar-refractivity contribution in [3.05, 3.63) is 34.9 Å². The lowest BCUT2D eigenvalue weighted by atomic mass is 10.2. The van der Waals surface area contributed by atoms with Crippen LogP contribution in [0, 0.1) is 0 Å². The first kappa shape index (κ1) is 13.3. The first-order valence-electron chi connectivity index (χ1n) is 4.82. The lowest BCUT2D eigenvalue weighted by Gasteiger charge is -2.13. The van der Waals surface area contributed by atoms with Crippen LogP contribution in [0.2, 0.25) is 5.02 Å². The smallest absolute Gasteiger partial charge is 0.153 e. The maximum absolute atomic E-state index is 9.02. The molecule has 0 spiro atoms. The zero-order chi connectivity index (χ0) is 12.2. The standard InChI is InChI=1S/C11H14Cl2N2O/c1-11(2,13)7-14-10(15-16)8-5-3-4-6-9(8)12/h3-6,16H,7H2,1-2H3,(H,14,15). The van der Waals surface area contributed by atoms with E-state index in [1.54, 1.807) is 12.1 Å². The van der Waals surface area contributed by atoms with Crippen molar-refractivity contribution >= 4 is 29.0 Å². The number of hydroxylamine groups is 1. The Morgan fingerprint density at radius 3 is 2.56 bits per heavy atom. The van der Waals surface area contributed by atoms with Crippen LogP contribution < -0.4 is 5.48 Å². The van der Waals surface area contributed by atoms with Crippen LogP contribution in [0.5, 0.6) is 0 Å². The van der Waals surface area contributed by atoms with E-state index < -0.39 is 4.87 Å². The number of benzene rings is 1. The Bertz CT molecular complexity index is 386. The SMILES string of the molecule is CC(C)(Cl)CN=C(NO)c1ccccc1Cl. The summed E-state index contributed by atoms with van der Waals surface area (Å²) in [5.41, 5.74) is 2.68. The van der Waals surface area contributed by atoms with Crippen molar-refractivity contribution in [2.75, 3.05) is 6.54 Å². The number of hydrogen-bond acceptors (Lipinski definition) is 2. The summed E-state index contributed by atoms with van der Waals surface area (Å²) in [6.07, 6.45) is 0. The number of alkyl halides is 1. The fraction of sp³-hybridized carbons (Fsp3) is 0.364. The molecule has 0 atom stereocenters. The van der Waals surface area contributed by atoms with Gasteiger partial charge in [0.2, 0.25) is 0 Å². The maximum Gasteiger partial charge on any atom is 0.153 e. The molecule has 16 heavy (non-hydrogen) atoms. The molecule has 0 heterocycles. The Morgan fingerprint density at radius 2 is 2.06 bits per heavy atom. The molecule has 0 bridgehead atoms. The molecule has 0 radical (unpaired) electrons. The first-order chi connectivity index (χ1) is 7.44. The summed E-state index contributed by atoms with van der Waals surface area (Å²) in [5.74, 6) is 0.319. The number of nitrogens with one attached hydrogen (secondary N) is 1. The Morgan fingerprint density at radius 1 is 1.44 bits per heavy atom. The molecular weight excluding hydrogens is 247 g/mol. The number of aliphatic imine (C=N–C) groups is 1. The van der Waals surface area contributed by atoms with Crippen LogP contribution in [-0.4, -0.2) is 22.5 Å². The van der Waals surface area contributed by atoms with Gasteiger partial charge in [-0.2, -0.15) is 0 Å². The van der Waals surface area contributed by atoms with E-state index in [0.717, 1.165) is 0 Å². The van der Waals surface area contributed by atoms with E-state index in [9.17, 15) is 0 Å². The van der Waals surface area contributed by atoms with Crippen molar-refractivity contribution in [1.29, 1.82) is 0 Å². The van der Waals surface area contributed by atoms with E-state index in [0.29, 0.717) is 23.0 Å². The van der Waals surface area contributed by atoms with Crippen LogP contribution in [0.15, 0.2) is 29.3 Å². The summed E-state index contributed by atoms with van der Waals surface area (Å²) in [6.45, 7) is 4.07. The van der Waals surface area contributed by atoms with Crippen LogP contribution >= 0.6 is 23.2 Å². The first-order valence-corrected chi connectivity index (χ1v) is 5.58. The van der Waals surface area contributed by atoms with Gasteiger partial charge in [-0.25, -0.2) is 0 Å². The summed E-state index contributed by atoms with van der Waals surface area (Å²) < 4.78 is 0. The van der Waals surface area contributed by atoms with Gasteiger partial charge in [0.05, 0.1) is 16.4 Å². The van der Waals surface area contributed by atoms with Gasteiger partial charge in [0.15, 0.2) is 5.84 Å². The second-order valence-corrected chi connectivity index (χ2v) is 5.41. The highest BCUT2D eigenvalue weighted by Crippen LogP contribution is 2.17. The molecule has 1 aromatic carbocycles. The molecular formula is C11H14Cl2N2O. The zero-order valence-electron chi connectivity index (χ0n) is 9.17. The molecule has 1 rings (SSSR count). The van der Waals surface area contributed by atoms with E-state index in [2.05, 4.69) is 4.99 Å². The third-order valence-electron chi connectivity index (χ3n) is 1.85. The number of amidine groups is 1. The summed E-state index contributed by atoms with van der Waals surface area (Å²) >= 11 is 12.0. The van der Waals surface area contributed by atoms with Gasteiger partial charge in [0.1, 0.15) is 0 Å². The third-order valence-corrected chi connectivity index (χ3v) is 2.30. The van der Waals surface area contributed by atoms with Crippen molar-refractivity contribution in [3.8, 4) is 0 Å². The molecule has 5 heteroatoms. The summed E-state index contributed by atoms with van der Waals surface area (Å²) in [6, 6.07) is 7.13. The summed E-state index contributed by atoms with van der Waals surface area (Å²) in [4.78, 5) is 3.73. The monoisotopic (exact) mass is 260 g/mol. The van der Waals surface area contributed by atoms with Gasteiger partial charge in [-0.1, -0.05) is 23.7 Å². The third kappa shape index (κ3) is 4.00. The van der Waals surface area contributed by atoms with E-state index in [1.165, 1.54) is 0 Å². The number of rotatable bonds is 3. The van der Waals surface area contributed by atoms with Crippen LogP contribution in [0.25, 0.3) is 0 Å². The van der Waals surface area contributed by atoms with Crippen LogP contribution in [0.4, 0.5) is 0 Å². The number of halogens is 2. The Kier molecular flexibility index (Phi) is 4.59. The molecule has 0 unspecified atom stereocenters. The van der Waals surface area contributed by atoms with E-state index in [1.807, 2.05) is 31.5 Å². The molecule has 0 aliphatic carbocycles. The fourth-order valence-electron chi connectivity index (χ4n) is 1.10. The van der Waals surface area contributed by atoms with Crippen molar-refractivity contribution < 1.29 is 5.21 Å². The van der Waals surface area contributed by atoms with Crippen LogP contribution in [0.1, 0.15) is 19.4 Å². The predicted octanol–water partition coefficient (Wildman–Crippen LogP) is 3.08. The molecule has 88 valence electrons. The van der Waals surface area contributed by atoms with Gasteiger partial charge in [-0.05, 0) is 26.0 Å². The lowest BCUT2D eigenvalue weighted by molar-refractivity contribution is 0.234. The van der Waals surface area contributed by atoms with Gasteiger partial charge in [0.25, 0.3) is 0 Å². The van der Waals surface area contributed by atoms with Crippen molar-refractivity contribution in [2.45, 2.75) is 18.7 Å². The normalized spacial score (nSPS) is 12.7. The largest absolute Gasteiger partial charge is 0.290 e. The van der Waals surface area contributed by atoms with Gasteiger partial charge in [-0.3, -0.25) is 15.7 Å². The average molecular weight is 261 g/mol. The molecule has 0 aliphatic rings. The van der Waals surface area contributed by atoms with Crippen LogP contribution in [-0.2, 0) is 0 Å². The molecule has 1 aromatic rings. The van der Waals surface area contributed by atoms with Gasteiger partial charge in [-0.15, -0.1) is 11.6 Å². The maximum atomic E-state index is 9.02. The average Bonchev–Trinajstić information content (AvgIpc) is 2.20. The summed E-state index contributed by atoms with van der Waals surface area (Å²) in [7, 11) is 0. The van der Waals surface area contributed by atoms with Crippen molar-refractivity contribution in [2.24, 2.45) is 4.99 Å². The quantitative estimate of drug-likeness (QED) is 0.380. The zero-order valence-corrected chi connectivity index (χ0v) is 10.7. The van der Waals surface area contributed by atoms with Crippen LogP contribution in [0.3, 0.4) is 0 Å². The van der Waals surface area contributed by atoms with Gasteiger partial charge in [0, 0.05) is 5.56 Å². The minimum Gasteiger partial charge on any atom is -0.290 e. The number of nitrogens with zero attached hydrogens (tertiary/aromatic N) is 1. The van der Waals surface area contributed by atoms with E-state index in [-0.39, 0.29) is 0 Å². The highest BCUT2D eigenvalue weighted by atomic mass is 35.5. The Hall–Kier alpha value is -0.770. The second-order valence-electron chi connectivity index (χ2n) is 3.98. The highest BCUT2D eigenvalue weighted by Gasteiger charge is 2.14. The topological polar surface area (TPSA) is 44.6 Å².